The first-order valence-electron chi connectivity index (χ1n) is 8.45. The van der Waals surface area contributed by atoms with Crippen LogP contribution in [0.15, 0.2) is 47.4 Å². The maximum Gasteiger partial charge on any atom is 0.321 e. The van der Waals surface area contributed by atoms with Crippen molar-refractivity contribution in [3.8, 4) is 0 Å². The lowest BCUT2D eigenvalue weighted by Gasteiger charge is -2.16. The molecule has 144 valence electrons. The molecule has 1 fully saturated rings. The Morgan fingerprint density at radius 2 is 1.70 bits per heavy atom. The van der Waals surface area contributed by atoms with E-state index in [1.165, 1.54) is 12.1 Å². The first kappa shape index (κ1) is 19.9. The fourth-order valence-electron chi connectivity index (χ4n) is 2.76. The Balaban J connectivity index is 1.63. The maximum atomic E-state index is 12.5. The molecule has 0 bridgehead atoms. The normalized spacial score (nSPS) is 14.4. The largest absolute Gasteiger partial charge is 0.325 e. The lowest BCUT2D eigenvalue weighted by atomic mass is 10.2. The highest BCUT2D eigenvalue weighted by Gasteiger charge is 2.18. The van der Waals surface area contributed by atoms with Gasteiger partial charge in [0.2, 0.25) is 10.0 Å². The molecule has 0 saturated carbocycles. The highest BCUT2D eigenvalue weighted by atomic mass is 35.5. The Bertz CT molecular complexity index is 927. The Labute approximate surface area is 168 Å². The van der Waals surface area contributed by atoms with Gasteiger partial charge in [-0.05, 0) is 54.8 Å². The molecule has 2 aromatic carbocycles. The molecule has 9 heteroatoms. The van der Waals surface area contributed by atoms with Gasteiger partial charge < -0.3 is 10.2 Å². The van der Waals surface area contributed by atoms with Gasteiger partial charge in [0.05, 0.1) is 4.90 Å². The van der Waals surface area contributed by atoms with Crippen LogP contribution in [0.4, 0.5) is 10.5 Å². The third-order valence-corrected chi connectivity index (χ3v) is 6.28. The molecule has 1 saturated heterocycles. The topological polar surface area (TPSA) is 78.5 Å². The molecule has 27 heavy (non-hydrogen) atoms. The Kier molecular flexibility index (Phi) is 6.26. The van der Waals surface area contributed by atoms with Crippen LogP contribution in [0.3, 0.4) is 0 Å². The zero-order valence-corrected chi connectivity index (χ0v) is 16.7. The number of sulfonamides is 1. The number of hydrogen-bond donors (Lipinski definition) is 2. The molecule has 1 aliphatic rings. The fraction of sp³-hybridized carbons (Fsp3) is 0.278. The molecule has 0 aliphatic carbocycles. The van der Waals surface area contributed by atoms with Crippen molar-refractivity contribution in [1.29, 1.82) is 0 Å². The van der Waals surface area contributed by atoms with Crippen LogP contribution in [0, 0.1) is 0 Å². The van der Waals surface area contributed by atoms with Gasteiger partial charge in [-0.15, -0.1) is 0 Å². The summed E-state index contributed by atoms with van der Waals surface area (Å²) in [7, 11) is -3.71. The van der Waals surface area contributed by atoms with E-state index in [0.717, 1.165) is 25.9 Å². The second kappa shape index (κ2) is 8.48. The van der Waals surface area contributed by atoms with Crippen LogP contribution in [0.1, 0.15) is 18.4 Å². The summed E-state index contributed by atoms with van der Waals surface area (Å²) in [6.45, 7) is 1.54. The van der Waals surface area contributed by atoms with Crippen LogP contribution in [0.2, 0.25) is 10.0 Å². The lowest BCUT2D eigenvalue weighted by Crippen LogP contribution is -2.32. The van der Waals surface area contributed by atoms with E-state index in [2.05, 4.69) is 10.0 Å². The Morgan fingerprint density at radius 3 is 2.33 bits per heavy atom. The van der Waals surface area contributed by atoms with Crippen molar-refractivity contribution in [2.24, 2.45) is 0 Å². The smallest absolute Gasteiger partial charge is 0.321 e. The highest BCUT2D eigenvalue weighted by Crippen LogP contribution is 2.22. The molecule has 0 atom stereocenters. The number of hydrogen-bond acceptors (Lipinski definition) is 3. The first-order chi connectivity index (χ1) is 12.8. The Morgan fingerprint density at radius 1 is 1.04 bits per heavy atom. The molecule has 0 unspecified atom stereocenters. The van der Waals surface area contributed by atoms with Crippen molar-refractivity contribution in [2.45, 2.75) is 24.3 Å². The molecule has 1 heterocycles. The average molecular weight is 428 g/mol. The number of carbonyl (C=O) groups excluding carboxylic acids is 1. The number of halogens is 2. The summed E-state index contributed by atoms with van der Waals surface area (Å²) in [5, 5.41) is 3.65. The minimum Gasteiger partial charge on any atom is -0.325 e. The van der Waals surface area contributed by atoms with Crippen molar-refractivity contribution in [2.75, 3.05) is 18.4 Å². The number of rotatable bonds is 5. The lowest BCUT2D eigenvalue weighted by molar-refractivity contribution is 0.222. The molecule has 6 nitrogen and oxygen atoms in total. The van der Waals surface area contributed by atoms with E-state index >= 15 is 0 Å². The minimum absolute atomic E-state index is 0.0474. The van der Waals surface area contributed by atoms with E-state index in [1.54, 1.807) is 35.2 Å². The first-order valence-corrected chi connectivity index (χ1v) is 10.7. The van der Waals surface area contributed by atoms with Gasteiger partial charge in [-0.25, -0.2) is 17.9 Å². The van der Waals surface area contributed by atoms with Crippen LogP contribution in [0.25, 0.3) is 0 Å². The van der Waals surface area contributed by atoms with Gasteiger partial charge in [-0.1, -0.05) is 29.3 Å². The molecular weight excluding hydrogens is 409 g/mol. The summed E-state index contributed by atoms with van der Waals surface area (Å²) in [5.74, 6) is 0. The van der Waals surface area contributed by atoms with E-state index < -0.39 is 10.0 Å². The van der Waals surface area contributed by atoms with Gasteiger partial charge in [0, 0.05) is 35.4 Å². The number of likely N-dealkylation sites (tertiary alicyclic amines) is 1. The van der Waals surface area contributed by atoms with E-state index in [-0.39, 0.29) is 17.5 Å². The van der Waals surface area contributed by atoms with Gasteiger partial charge in [0.1, 0.15) is 0 Å². The summed E-state index contributed by atoms with van der Waals surface area (Å²) in [4.78, 5) is 13.9. The molecule has 0 aromatic heterocycles. The molecular formula is C18H19Cl2N3O3S. The number of carbonyl (C=O) groups is 1. The molecule has 2 N–H and O–H groups in total. The zero-order chi connectivity index (χ0) is 19.4. The summed E-state index contributed by atoms with van der Waals surface area (Å²) in [6.07, 6.45) is 2.02. The van der Waals surface area contributed by atoms with Gasteiger partial charge in [-0.2, -0.15) is 0 Å². The highest BCUT2D eigenvalue weighted by molar-refractivity contribution is 7.89. The Hall–Kier alpha value is -1.80. The number of benzene rings is 2. The number of amides is 2. The van der Waals surface area contributed by atoms with Gasteiger partial charge >= 0.3 is 6.03 Å². The van der Waals surface area contributed by atoms with Crippen molar-refractivity contribution in [1.82, 2.24) is 9.62 Å². The number of nitrogens with zero attached hydrogens (tertiary/aromatic N) is 1. The fourth-order valence-corrected chi connectivity index (χ4v) is 4.24. The van der Waals surface area contributed by atoms with Crippen LogP contribution in [-0.2, 0) is 16.6 Å². The molecule has 0 spiro atoms. The van der Waals surface area contributed by atoms with E-state index in [0.29, 0.717) is 21.3 Å². The second-order valence-electron chi connectivity index (χ2n) is 6.21. The number of urea groups is 1. The predicted molar refractivity (Wildman–Crippen MR) is 107 cm³/mol. The van der Waals surface area contributed by atoms with Crippen molar-refractivity contribution in [3.05, 3.63) is 58.1 Å². The average Bonchev–Trinajstić information content (AvgIpc) is 3.16. The van der Waals surface area contributed by atoms with E-state index in [1.807, 2.05) is 0 Å². The number of anilines is 1. The van der Waals surface area contributed by atoms with Crippen molar-refractivity contribution in [3.63, 3.8) is 0 Å². The third-order valence-electron chi connectivity index (χ3n) is 4.28. The van der Waals surface area contributed by atoms with Gasteiger partial charge in [-0.3, -0.25) is 0 Å². The van der Waals surface area contributed by atoms with E-state index in [4.69, 9.17) is 23.2 Å². The monoisotopic (exact) mass is 427 g/mol. The predicted octanol–water partition coefficient (Wildman–Crippen LogP) is 4.10. The standard InChI is InChI=1S/C18H19Cl2N3O3S/c19-14-4-3-13(17(20)11-14)12-21-27(25,26)16-7-5-15(6-8-16)22-18(24)23-9-1-2-10-23/h3-8,11,21H,1-2,9-10,12H2,(H,22,24). The van der Waals surface area contributed by atoms with Crippen LogP contribution < -0.4 is 10.0 Å². The van der Waals surface area contributed by atoms with Gasteiger partial charge in [0.25, 0.3) is 0 Å². The molecule has 3 rings (SSSR count). The van der Waals surface area contributed by atoms with E-state index in [9.17, 15) is 13.2 Å². The van der Waals surface area contributed by atoms with Gasteiger partial charge in [0.15, 0.2) is 0 Å². The summed E-state index contributed by atoms with van der Waals surface area (Å²) < 4.78 is 27.4. The third kappa shape index (κ3) is 5.13. The van der Waals surface area contributed by atoms with Crippen LogP contribution >= 0.6 is 23.2 Å². The molecule has 1 aliphatic heterocycles. The minimum atomic E-state index is -3.71. The van der Waals surface area contributed by atoms with Crippen molar-refractivity contribution < 1.29 is 13.2 Å². The van der Waals surface area contributed by atoms with Crippen LogP contribution in [-0.4, -0.2) is 32.4 Å². The van der Waals surface area contributed by atoms with Crippen LogP contribution in [0.5, 0.6) is 0 Å². The molecule has 0 radical (unpaired) electrons. The van der Waals surface area contributed by atoms with Crippen molar-refractivity contribution >= 4 is 44.9 Å². The number of nitrogens with one attached hydrogen (secondary N) is 2. The summed E-state index contributed by atoms with van der Waals surface area (Å²) in [6, 6.07) is 10.7. The quantitative estimate of drug-likeness (QED) is 0.753. The zero-order valence-electron chi connectivity index (χ0n) is 14.4. The summed E-state index contributed by atoms with van der Waals surface area (Å²) in [5.41, 5.74) is 1.17. The second-order valence-corrected chi connectivity index (χ2v) is 8.82. The maximum absolute atomic E-state index is 12.5. The SMILES string of the molecule is O=C(Nc1ccc(S(=O)(=O)NCc2ccc(Cl)cc2Cl)cc1)N1CCCC1. The summed E-state index contributed by atoms with van der Waals surface area (Å²) >= 11 is 11.9. The molecule has 2 aromatic rings. The molecule has 2 amide bonds.